The van der Waals surface area contributed by atoms with Crippen LogP contribution in [0.5, 0.6) is 0 Å². The maximum absolute atomic E-state index is 12.1. The van der Waals surface area contributed by atoms with Crippen LogP contribution in [-0.2, 0) is 0 Å². The standard InChI is InChI=1S/C15H22N2O/c1-5-12-17(3,4)14(6-2)16-15(18)13-10-8-7-9-11-13/h5,7-11,14H,1,6,12H2,2-4H3/p+1. The minimum absolute atomic E-state index is 0.0160. The number of hydrogen-bond acceptors (Lipinski definition) is 1. The van der Waals surface area contributed by atoms with Gasteiger partial charge in [-0.3, -0.25) is 4.79 Å². The Bertz CT molecular complexity index is 398. The second-order valence-electron chi connectivity index (χ2n) is 5.01. The molecule has 18 heavy (non-hydrogen) atoms. The van der Waals surface area contributed by atoms with Crippen molar-refractivity contribution in [1.82, 2.24) is 5.32 Å². The Morgan fingerprint density at radius 1 is 1.39 bits per heavy atom. The summed E-state index contributed by atoms with van der Waals surface area (Å²) in [6.45, 7) is 6.68. The van der Waals surface area contributed by atoms with Crippen LogP contribution in [0.1, 0.15) is 23.7 Å². The van der Waals surface area contributed by atoms with Crippen LogP contribution in [0, 0.1) is 0 Å². The number of quaternary nitrogens is 1. The van der Waals surface area contributed by atoms with Gasteiger partial charge in [0.25, 0.3) is 5.91 Å². The van der Waals surface area contributed by atoms with E-state index < -0.39 is 0 Å². The molecule has 1 N–H and O–H groups in total. The molecule has 1 aromatic rings. The fourth-order valence-electron chi connectivity index (χ4n) is 2.06. The normalized spacial score (nSPS) is 12.8. The summed E-state index contributed by atoms with van der Waals surface area (Å²) in [6.07, 6.45) is 2.87. The van der Waals surface area contributed by atoms with Gasteiger partial charge in [0.15, 0.2) is 6.17 Å². The van der Waals surface area contributed by atoms with E-state index >= 15 is 0 Å². The van der Waals surface area contributed by atoms with Gasteiger partial charge >= 0.3 is 0 Å². The smallest absolute Gasteiger partial charge is 0.255 e. The highest BCUT2D eigenvalue weighted by Crippen LogP contribution is 2.09. The fraction of sp³-hybridized carbons (Fsp3) is 0.400. The van der Waals surface area contributed by atoms with E-state index in [2.05, 4.69) is 32.9 Å². The molecule has 0 heterocycles. The van der Waals surface area contributed by atoms with Crippen molar-refractivity contribution in [3.63, 3.8) is 0 Å². The summed E-state index contributed by atoms with van der Waals surface area (Å²) in [5.74, 6) is -0.0160. The number of hydrogen-bond donors (Lipinski definition) is 1. The number of amides is 1. The molecule has 0 aliphatic carbocycles. The third-order valence-corrected chi connectivity index (χ3v) is 3.16. The molecule has 3 heteroatoms. The van der Waals surface area contributed by atoms with E-state index in [4.69, 9.17) is 0 Å². The second-order valence-corrected chi connectivity index (χ2v) is 5.01. The molecule has 1 aromatic carbocycles. The topological polar surface area (TPSA) is 29.1 Å². The molecule has 1 amide bonds. The minimum Gasteiger partial charge on any atom is -0.306 e. The van der Waals surface area contributed by atoms with Gasteiger partial charge < -0.3 is 9.80 Å². The van der Waals surface area contributed by atoms with E-state index in [-0.39, 0.29) is 12.1 Å². The zero-order valence-electron chi connectivity index (χ0n) is 11.5. The molecule has 0 aromatic heterocycles. The Balaban J connectivity index is 2.75. The van der Waals surface area contributed by atoms with Gasteiger partial charge in [-0.2, -0.15) is 0 Å². The Hall–Kier alpha value is -1.61. The molecule has 0 radical (unpaired) electrons. The average molecular weight is 247 g/mol. The van der Waals surface area contributed by atoms with Crippen LogP contribution in [0.25, 0.3) is 0 Å². The molecule has 1 rings (SSSR count). The monoisotopic (exact) mass is 247 g/mol. The number of benzene rings is 1. The van der Waals surface area contributed by atoms with Crippen molar-refractivity contribution in [1.29, 1.82) is 0 Å². The Kier molecular flexibility index (Phi) is 5.10. The predicted octanol–water partition coefficient (Wildman–Crippen LogP) is 2.41. The van der Waals surface area contributed by atoms with E-state index in [1.165, 1.54) is 0 Å². The lowest BCUT2D eigenvalue weighted by Gasteiger charge is -2.37. The van der Waals surface area contributed by atoms with Crippen molar-refractivity contribution in [2.45, 2.75) is 19.5 Å². The summed E-state index contributed by atoms with van der Waals surface area (Å²) in [5.41, 5.74) is 0.703. The van der Waals surface area contributed by atoms with E-state index in [0.29, 0.717) is 10.0 Å². The lowest BCUT2D eigenvalue weighted by atomic mass is 10.2. The number of nitrogens with zero attached hydrogens (tertiary/aromatic N) is 1. The maximum Gasteiger partial charge on any atom is 0.255 e. The van der Waals surface area contributed by atoms with Gasteiger partial charge in [0.05, 0.1) is 20.6 Å². The molecule has 0 aliphatic rings. The molecule has 3 nitrogen and oxygen atoms in total. The summed E-state index contributed by atoms with van der Waals surface area (Å²) in [6, 6.07) is 9.32. The first-order valence-electron chi connectivity index (χ1n) is 6.30. The van der Waals surface area contributed by atoms with Crippen molar-refractivity contribution in [2.24, 2.45) is 0 Å². The molecule has 98 valence electrons. The van der Waals surface area contributed by atoms with E-state index in [1.807, 2.05) is 36.4 Å². The lowest BCUT2D eigenvalue weighted by Crippen LogP contribution is -2.57. The van der Waals surface area contributed by atoms with Gasteiger partial charge in [-0.25, -0.2) is 0 Å². The van der Waals surface area contributed by atoms with Crippen LogP contribution in [0.4, 0.5) is 0 Å². The summed E-state index contributed by atoms with van der Waals surface area (Å²) < 4.78 is 0.707. The molecule has 0 saturated carbocycles. The minimum atomic E-state index is -0.0160. The highest BCUT2D eigenvalue weighted by Gasteiger charge is 2.27. The summed E-state index contributed by atoms with van der Waals surface area (Å²) in [4.78, 5) is 12.1. The predicted molar refractivity (Wildman–Crippen MR) is 75.2 cm³/mol. The van der Waals surface area contributed by atoms with Gasteiger partial charge in [0, 0.05) is 12.0 Å². The number of likely N-dealkylation sites (N-methyl/N-ethyl adjacent to an activating group) is 1. The van der Waals surface area contributed by atoms with Crippen molar-refractivity contribution in [2.75, 3.05) is 20.6 Å². The Morgan fingerprint density at radius 2 is 2.00 bits per heavy atom. The third kappa shape index (κ3) is 3.70. The molecule has 0 fully saturated rings. The van der Waals surface area contributed by atoms with Crippen molar-refractivity contribution < 1.29 is 9.28 Å². The molecule has 0 spiro atoms. The maximum atomic E-state index is 12.1. The van der Waals surface area contributed by atoms with Crippen LogP contribution in [0.2, 0.25) is 0 Å². The van der Waals surface area contributed by atoms with Gasteiger partial charge in [-0.15, -0.1) is 0 Å². The highest BCUT2D eigenvalue weighted by atomic mass is 16.1. The fourth-order valence-corrected chi connectivity index (χ4v) is 2.06. The molecule has 1 atom stereocenters. The van der Waals surface area contributed by atoms with Crippen molar-refractivity contribution in [3.8, 4) is 0 Å². The quantitative estimate of drug-likeness (QED) is 0.467. The first kappa shape index (κ1) is 14.5. The zero-order valence-corrected chi connectivity index (χ0v) is 11.5. The van der Waals surface area contributed by atoms with Gasteiger partial charge in [0.2, 0.25) is 0 Å². The lowest BCUT2D eigenvalue weighted by molar-refractivity contribution is -0.911. The highest BCUT2D eigenvalue weighted by molar-refractivity contribution is 5.94. The van der Waals surface area contributed by atoms with Crippen LogP contribution in [0.3, 0.4) is 0 Å². The van der Waals surface area contributed by atoms with Crippen LogP contribution in [0.15, 0.2) is 43.0 Å². The van der Waals surface area contributed by atoms with Gasteiger partial charge in [-0.05, 0) is 18.2 Å². The SMILES string of the molecule is C=CC[N+](C)(C)C(CC)NC(=O)c1ccccc1. The number of rotatable bonds is 6. The van der Waals surface area contributed by atoms with Crippen LogP contribution >= 0.6 is 0 Å². The van der Waals surface area contributed by atoms with Crippen molar-refractivity contribution in [3.05, 3.63) is 48.6 Å². The number of nitrogens with one attached hydrogen (secondary N) is 1. The van der Waals surface area contributed by atoms with Crippen LogP contribution < -0.4 is 5.32 Å². The molecule has 0 bridgehead atoms. The summed E-state index contributed by atoms with van der Waals surface area (Å²) in [7, 11) is 4.20. The first-order valence-corrected chi connectivity index (χ1v) is 6.30. The van der Waals surface area contributed by atoms with E-state index in [9.17, 15) is 4.79 Å². The number of carbonyl (C=O) groups excluding carboxylic acids is 1. The second kappa shape index (κ2) is 6.36. The number of carbonyl (C=O) groups is 1. The first-order chi connectivity index (χ1) is 8.51. The molecule has 1 unspecified atom stereocenters. The third-order valence-electron chi connectivity index (χ3n) is 3.16. The van der Waals surface area contributed by atoms with Crippen LogP contribution in [-0.4, -0.2) is 37.2 Å². The molecular formula is C15H23N2O+. The molecule has 0 aliphatic heterocycles. The molecular weight excluding hydrogens is 224 g/mol. The summed E-state index contributed by atoms with van der Waals surface area (Å²) in [5, 5.41) is 3.09. The Labute approximate surface area is 110 Å². The van der Waals surface area contributed by atoms with E-state index in [0.717, 1.165) is 13.0 Å². The van der Waals surface area contributed by atoms with Crippen molar-refractivity contribution >= 4 is 5.91 Å². The Morgan fingerprint density at radius 3 is 2.50 bits per heavy atom. The summed E-state index contributed by atoms with van der Waals surface area (Å²) >= 11 is 0. The van der Waals surface area contributed by atoms with Gasteiger partial charge in [-0.1, -0.05) is 31.7 Å². The van der Waals surface area contributed by atoms with Gasteiger partial charge in [0.1, 0.15) is 0 Å². The molecule has 0 saturated heterocycles. The zero-order chi connectivity index (χ0) is 13.6. The largest absolute Gasteiger partial charge is 0.306 e. The van der Waals surface area contributed by atoms with E-state index in [1.54, 1.807) is 0 Å². The average Bonchev–Trinajstić information content (AvgIpc) is 2.36.